The summed E-state index contributed by atoms with van der Waals surface area (Å²) in [6.45, 7) is -3.02. The first kappa shape index (κ1) is 22.9. The van der Waals surface area contributed by atoms with Gasteiger partial charge in [0.25, 0.3) is 0 Å². The summed E-state index contributed by atoms with van der Waals surface area (Å²) in [5.74, 6) is -23.9. The quantitative estimate of drug-likeness (QED) is 0.467. The van der Waals surface area contributed by atoms with E-state index in [9.17, 15) is 57.5 Å². The Morgan fingerprint density at radius 3 is 1.93 bits per heavy atom. The summed E-state index contributed by atoms with van der Waals surface area (Å²) in [6, 6.07) is 0.863. The molecule has 0 aliphatic heterocycles. The second kappa shape index (κ2) is 7.11. The number of halogens is 12. The largest absolute Gasteiger partial charge is 0.455 e. The summed E-state index contributed by atoms with van der Waals surface area (Å²) in [4.78, 5) is 11.4. The Morgan fingerprint density at radius 1 is 0.963 bits per heavy atom. The molecule has 0 fully saturated rings. The van der Waals surface area contributed by atoms with Gasteiger partial charge in [0.2, 0.25) is 0 Å². The van der Waals surface area contributed by atoms with Crippen molar-refractivity contribution in [3.05, 3.63) is 35.1 Å². The molecule has 27 heavy (non-hydrogen) atoms. The molecular weight excluding hydrogens is 416 g/mol. The number of benzene rings is 1. The highest BCUT2D eigenvalue weighted by Crippen LogP contribution is 2.48. The number of esters is 1. The number of hydrogen-bond donors (Lipinski definition) is 0. The van der Waals surface area contributed by atoms with Crippen LogP contribution in [0.5, 0.6) is 0 Å². The van der Waals surface area contributed by atoms with E-state index in [2.05, 4.69) is 4.74 Å². The van der Waals surface area contributed by atoms with Gasteiger partial charge in [0.05, 0.1) is 5.56 Å². The average Bonchev–Trinajstić information content (AvgIpc) is 2.51. The molecule has 0 saturated heterocycles. The fourth-order valence-corrected chi connectivity index (χ4v) is 1.67. The molecule has 0 N–H and O–H groups in total. The molecule has 0 atom stereocenters. The van der Waals surface area contributed by atoms with Gasteiger partial charge in [-0.15, -0.1) is 0 Å². The maximum atomic E-state index is 13.4. The Kier molecular flexibility index (Phi) is 6.03. The maximum Gasteiger partial charge on any atom is 0.417 e. The highest BCUT2D eigenvalue weighted by molar-refractivity contribution is 5.91. The van der Waals surface area contributed by atoms with Crippen LogP contribution in [0.3, 0.4) is 0 Å². The molecule has 0 saturated carbocycles. The van der Waals surface area contributed by atoms with Crippen molar-refractivity contribution in [1.82, 2.24) is 0 Å². The predicted molar refractivity (Wildman–Crippen MR) is 62.5 cm³/mol. The summed E-state index contributed by atoms with van der Waals surface area (Å²) in [5.41, 5.74) is -4.01. The van der Waals surface area contributed by atoms with Crippen LogP contribution in [-0.4, -0.2) is 36.8 Å². The van der Waals surface area contributed by atoms with Crippen molar-refractivity contribution in [3.63, 3.8) is 0 Å². The zero-order valence-electron chi connectivity index (χ0n) is 12.4. The van der Waals surface area contributed by atoms with E-state index in [0.717, 1.165) is 0 Å². The number of carbonyl (C=O) groups is 1. The first-order valence-corrected chi connectivity index (χ1v) is 6.41. The average molecular weight is 422 g/mol. The molecule has 14 heteroatoms. The Labute approximate surface area is 141 Å². The standard InChI is InChI=1S/C13H6F12O2/c14-6-3-1-2-5(12(21,22)23)7(6)8(26)27-4-10(17,18)13(24,25)11(19,20)9(15)16/h1-3,9H,4H2. The van der Waals surface area contributed by atoms with Crippen LogP contribution in [0.25, 0.3) is 0 Å². The lowest BCUT2D eigenvalue weighted by molar-refractivity contribution is -0.343. The molecule has 0 unspecified atom stereocenters. The summed E-state index contributed by atoms with van der Waals surface area (Å²) in [6.07, 6.45) is -10.6. The van der Waals surface area contributed by atoms with Crippen LogP contribution in [0.4, 0.5) is 52.7 Å². The van der Waals surface area contributed by atoms with Gasteiger partial charge >= 0.3 is 36.3 Å². The number of carbonyl (C=O) groups excluding carboxylic acids is 1. The van der Waals surface area contributed by atoms with Gasteiger partial charge in [-0.25, -0.2) is 18.0 Å². The van der Waals surface area contributed by atoms with Crippen molar-refractivity contribution in [2.45, 2.75) is 30.4 Å². The van der Waals surface area contributed by atoms with E-state index in [1.165, 1.54) is 0 Å². The van der Waals surface area contributed by atoms with Gasteiger partial charge in [0.1, 0.15) is 11.4 Å². The minimum absolute atomic E-state index is 0.122. The monoisotopic (exact) mass is 422 g/mol. The van der Waals surface area contributed by atoms with E-state index < -0.39 is 59.9 Å². The molecule has 0 heterocycles. The van der Waals surface area contributed by atoms with E-state index in [1.807, 2.05) is 0 Å². The molecule has 2 nitrogen and oxygen atoms in total. The van der Waals surface area contributed by atoms with Crippen LogP contribution < -0.4 is 0 Å². The summed E-state index contributed by atoms with van der Waals surface area (Å²) in [5, 5.41) is 0. The predicted octanol–water partition coefficient (Wildman–Crippen LogP) is 5.17. The van der Waals surface area contributed by atoms with E-state index in [0.29, 0.717) is 6.07 Å². The molecule has 0 spiro atoms. The van der Waals surface area contributed by atoms with E-state index >= 15 is 0 Å². The molecule has 0 radical (unpaired) electrons. The summed E-state index contributed by atoms with van der Waals surface area (Å²) < 4.78 is 156. The molecule has 0 bridgehead atoms. The topological polar surface area (TPSA) is 26.3 Å². The lowest BCUT2D eigenvalue weighted by Gasteiger charge is -2.31. The molecule has 1 aromatic rings. The molecule has 0 aliphatic rings. The van der Waals surface area contributed by atoms with E-state index in [4.69, 9.17) is 0 Å². The van der Waals surface area contributed by atoms with Crippen LogP contribution in [0.2, 0.25) is 0 Å². The van der Waals surface area contributed by atoms with Crippen molar-refractivity contribution < 1.29 is 62.2 Å². The second-order valence-electron chi connectivity index (χ2n) is 4.94. The number of alkyl halides is 11. The lowest BCUT2D eigenvalue weighted by Crippen LogP contribution is -2.59. The first-order chi connectivity index (χ1) is 12.0. The van der Waals surface area contributed by atoms with Crippen LogP contribution in [0, 0.1) is 5.82 Å². The molecular formula is C13H6F12O2. The Balaban J connectivity index is 3.14. The Bertz CT molecular complexity index is 695. The van der Waals surface area contributed by atoms with E-state index in [-0.39, 0.29) is 12.1 Å². The Morgan fingerprint density at radius 2 is 1.48 bits per heavy atom. The molecule has 0 aliphatic carbocycles. The van der Waals surface area contributed by atoms with Crippen molar-refractivity contribution in [3.8, 4) is 0 Å². The van der Waals surface area contributed by atoms with Gasteiger partial charge in [-0.2, -0.15) is 39.5 Å². The molecule has 154 valence electrons. The van der Waals surface area contributed by atoms with Gasteiger partial charge in [0.15, 0.2) is 6.61 Å². The maximum absolute atomic E-state index is 13.4. The third-order valence-electron chi connectivity index (χ3n) is 3.06. The highest BCUT2D eigenvalue weighted by Gasteiger charge is 2.75. The van der Waals surface area contributed by atoms with Gasteiger partial charge < -0.3 is 4.74 Å². The first-order valence-electron chi connectivity index (χ1n) is 6.41. The Hall–Kier alpha value is -2.15. The minimum Gasteiger partial charge on any atom is -0.455 e. The fraction of sp³-hybridized carbons (Fsp3) is 0.462. The lowest BCUT2D eigenvalue weighted by atomic mass is 10.0. The van der Waals surface area contributed by atoms with Gasteiger partial charge in [-0.3, -0.25) is 0 Å². The highest BCUT2D eigenvalue weighted by atomic mass is 19.4. The van der Waals surface area contributed by atoms with Crippen molar-refractivity contribution in [1.29, 1.82) is 0 Å². The van der Waals surface area contributed by atoms with Crippen molar-refractivity contribution in [2.24, 2.45) is 0 Å². The molecule has 0 aromatic heterocycles. The number of hydrogen-bond acceptors (Lipinski definition) is 2. The van der Waals surface area contributed by atoms with Crippen LogP contribution in [0.15, 0.2) is 18.2 Å². The third kappa shape index (κ3) is 4.24. The van der Waals surface area contributed by atoms with Crippen LogP contribution in [-0.2, 0) is 10.9 Å². The molecule has 1 aromatic carbocycles. The normalized spacial score (nSPS) is 13.8. The summed E-state index contributed by atoms with van der Waals surface area (Å²) in [7, 11) is 0. The fourth-order valence-electron chi connectivity index (χ4n) is 1.67. The SMILES string of the molecule is O=C(OCC(F)(F)C(F)(F)C(F)(F)C(F)F)c1c(F)cccc1C(F)(F)F. The van der Waals surface area contributed by atoms with Crippen LogP contribution in [0.1, 0.15) is 15.9 Å². The van der Waals surface area contributed by atoms with Gasteiger partial charge in [-0.1, -0.05) is 6.07 Å². The van der Waals surface area contributed by atoms with Crippen LogP contribution >= 0.6 is 0 Å². The van der Waals surface area contributed by atoms with Gasteiger partial charge in [-0.05, 0) is 12.1 Å². The number of ether oxygens (including phenoxy) is 1. The number of rotatable bonds is 6. The van der Waals surface area contributed by atoms with Crippen molar-refractivity contribution in [2.75, 3.05) is 6.61 Å². The van der Waals surface area contributed by atoms with Crippen molar-refractivity contribution >= 4 is 5.97 Å². The molecule has 1 rings (SSSR count). The third-order valence-corrected chi connectivity index (χ3v) is 3.06. The summed E-state index contributed by atoms with van der Waals surface area (Å²) >= 11 is 0. The zero-order chi connectivity index (χ0) is 21.4. The van der Waals surface area contributed by atoms with E-state index in [1.54, 1.807) is 0 Å². The minimum atomic E-state index is -6.74. The zero-order valence-corrected chi connectivity index (χ0v) is 12.4. The second-order valence-corrected chi connectivity index (χ2v) is 4.94. The van der Waals surface area contributed by atoms with Gasteiger partial charge in [0, 0.05) is 0 Å². The smallest absolute Gasteiger partial charge is 0.417 e. The molecule has 0 amide bonds.